The molecule has 0 aliphatic heterocycles. The Labute approximate surface area is 121 Å². The predicted molar refractivity (Wildman–Crippen MR) is 75.5 cm³/mol. The third kappa shape index (κ3) is 3.93. The van der Waals surface area contributed by atoms with Crippen LogP contribution in [0.1, 0.15) is 30.6 Å². The molecule has 1 unspecified atom stereocenters. The van der Waals surface area contributed by atoms with Crippen LogP contribution in [-0.2, 0) is 12.8 Å². The van der Waals surface area contributed by atoms with Crippen molar-refractivity contribution in [3.63, 3.8) is 0 Å². The molecular weight excluding hydrogens is 285 g/mol. The summed E-state index contributed by atoms with van der Waals surface area (Å²) in [6, 6.07) is 5.40. The molecule has 0 saturated heterocycles. The topological polar surface area (TPSA) is 64.9 Å². The minimum absolute atomic E-state index is 0.0485. The van der Waals surface area contributed by atoms with Crippen LogP contribution in [0.5, 0.6) is 0 Å². The standard InChI is InChI=1S/C13H15Cl2N3O/c1-2-10(16)7-13-17-12(18-19-13)5-8-3-4-9(14)6-11(8)15/h3-4,6,10H,2,5,7,16H2,1H3. The molecule has 1 heterocycles. The molecule has 0 aliphatic rings. The van der Waals surface area contributed by atoms with Crippen LogP contribution >= 0.6 is 23.2 Å². The summed E-state index contributed by atoms with van der Waals surface area (Å²) in [4.78, 5) is 4.31. The average molecular weight is 300 g/mol. The normalized spacial score (nSPS) is 12.6. The summed E-state index contributed by atoms with van der Waals surface area (Å²) in [7, 11) is 0. The first kappa shape index (κ1) is 14.3. The average Bonchev–Trinajstić information content (AvgIpc) is 2.80. The second-order valence-corrected chi connectivity index (χ2v) is 5.23. The number of nitrogens with zero attached hydrogens (tertiary/aromatic N) is 2. The monoisotopic (exact) mass is 299 g/mol. The van der Waals surface area contributed by atoms with Crippen molar-refractivity contribution < 1.29 is 4.52 Å². The zero-order valence-corrected chi connectivity index (χ0v) is 12.1. The van der Waals surface area contributed by atoms with E-state index in [-0.39, 0.29) is 6.04 Å². The van der Waals surface area contributed by atoms with Crippen molar-refractivity contribution in [2.45, 2.75) is 32.2 Å². The molecule has 0 radical (unpaired) electrons. The van der Waals surface area contributed by atoms with Crippen LogP contribution in [0.2, 0.25) is 10.0 Å². The molecule has 0 spiro atoms. The molecule has 1 aromatic heterocycles. The maximum absolute atomic E-state index is 6.10. The first-order chi connectivity index (χ1) is 9.08. The maximum Gasteiger partial charge on any atom is 0.228 e. The lowest BCUT2D eigenvalue weighted by Gasteiger charge is -2.02. The van der Waals surface area contributed by atoms with Crippen LogP contribution < -0.4 is 5.73 Å². The van der Waals surface area contributed by atoms with E-state index in [1.165, 1.54) is 0 Å². The van der Waals surface area contributed by atoms with Gasteiger partial charge in [-0.2, -0.15) is 4.98 Å². The van der Waals surface area contributed by atoms with Gasteiger partial charge in [-0.3, -0.25) is 0 Å². The maximum atomic E-state index is 6.10. The summed E-state index contributed by atoms with van der Waals surface area (Å²) >= 11 is 12.0. The van der Waals surface area contributed by atoms with E-state index in [0.717, 1.165) is 12.0 Å². The Kier molecular flexibility index (Phi) is 4.80. The summed E-state index contributed by atoms with van der Waals surface area (Å²) in [6.45, 7) is 2.02. The lowest BCUT2D eigenvalue weighted by molar-refractivity contribution is 0.363. The van der Waals surface area contributed by atoms with E-state index in [9.17, 15) is 0 Å². The number of benzene rings is 1. The Hall–Kier alpha value is -1.10. The number of halogens is 2. The van der Waals surface area contributed by atoms with E-state index in [1.54, 1.807) is 12.1 Å². The van der Waals surface area contributed by atoms with Crippen molar-refractivity contribution in [3.05, 3.63) is 45.5 Å². The van der Waals surface area contributed by atoms with Crippen molar-refractivity contribution in [1.82, 2.24) is 10.1 Å². The molecule has 102 valence electrons. The summed E-state index contributed by atoms with van der Waals surface area (Å²) in [6.07, 6.45) is 1.99. The van der Waals surface area contributed by atoms with E-state index < -0.39 is 0 Å². The fourth-order valence-electron chi connectivity index (χ4n) is 1.65. The van der Waals surface area contributed by atoms with Gasteiger partial charge < -0.3 is 10.3 Å². The van der Waals surface area contributed by atoms with Crippen LogP contribution in [-0.4, -0.2) is 16.2 Å². The van der Waals surface area contributed by atoms with Gasteiger partial charge in [0.2, 0.25) is 5.89 Å². The molecule has 2 rings (SSSR count). The number of rotatable bonds is 5. The van der Waals surface area contributed by atoms with Crippen molar-refractivity contribution >= 4 is 23.2 Å². The Balaban J connectivity index is 2.07. The molecule has 0 amide bonds. The number of hydrogen-bond donors (Lipinski definition) is 1. The molecule has 19 heavy (non-hydrogen) atoms. The van der Waals surface area contributed by atoms with Gasteiger partial charge >= 0.3 is 0 Å². The molecule has 0 saturated carbocycles. The Bertz CT molecular complexity index is 557. The smallest absolute Gasteiger partial charge is 0.228 e. The van der Waals surface area contributed by atoms with Gasteiger partial charge in [0.15, 0.2) is 5.82 Å². The van der Waals surface area contributed by atoms with E-state index in [4.69, 9.17) is 33.5 Å². The van der Waals surface area contributed by atoms with Gasteiger partial charge in [-0.05, 0) is 24.1 Å². The van der Waals surface area contributed by atoms with Crippen LogP contribution in [0.4, 0.5) is 0 Å². The number of nitrogens with two attached hydrogens (primary N) is 1. The van der Waals surface area contributed by atoms with E-state index >= 15 is 0 Å². The first-order valence-electron chi connectivity index (χ1n) is 6.09. The summed E-state index contributed by atoms with van der Waals surface area (Å²) in [5, 5.41) is 5.14. The molecule has 4 nitrogen and oxygen atoms in total. The third-order valence-corrected chi connectivity index (χ3v) is 3.42. The first-order valence-corrected chi connectivity index (χ1v) is 6.85. The summed E-state index contributed by atoms with van der Waals surface area (Å²) < 4.78 is 5.16. The third-order valence-electron chi connectivity index (χ3n) is 2.84. The number of hydrogen-bond acceptors (Lipinski definition) is 4. The van der Waals surface area contributed by atoms with Gasteiger partial charge in [0.25, 0.3) is 0 Å². The Morgan fingerprint density at radius 1 is 1.37 bits per heavy atom. The van der Waals surface area contributed by atoms with Gasteiger partial charge in [0.05, 0.1) is 0 Å². The molecule has 0 aliphatic carbocycles. The van der Waals surface area contributed by atoms with Gasteiger partial charge in [-0.1, -0.05) is 41.3 Å². The molecule has 6 heteroatoms. The van der Waals surface area contributed by atoms with Crippen molar-refractivity contribution in [2.75, 3.05) is 0 Å². The molecule has 1 aromatic carbocycles. The zero-order chi connectivity index (χ0) is 13.8. The zero-order valence-electron chi connectivity index (χ0n) is 10.6. The van der Waals surface area contributed by atoms with Crippen LogP contribution in [0.25, 0.3) is 0 Å². The molecule has 0 fully saturated rings. The second-order valence-electron chi connectivity index (χ2n) is 4.39. The summed E-state index contributed by atoms with van der Waals surface area (Å²) in [5.74, 6) is 1.16. The fourth-order valence-corrected chi connectivity index (χ4v) is 2.12. The van der Waals surface area contributed by atoms with Crippen molar-refractivity contribution in [3.8, 4) is 0 Å². The molecular formula is C13H15Cl2N3O. The molecule has 1 atom stereocenters. The van der Waals surface area contributed by atoms with Gasteiger partial charge in [0.1, 0.15) is 0 Å². The van der Waals surface area contributed by atoms with Gasteiger partial charge in [-0.25, -0.2) is 0 Å². The highest BCUT2D eigenvalue weighted by molar-refractivity contribution is 6.35. The molecule has 2 aromatic rings. The minimum atomic E-state index is 0.0485. The Morgan fingerprint density at radius 3 is 2.84 bits per heavy atom. The molecule has 0 bridgehead atoms. The van der Waals surface area contributed by atoms with Crippen LogP contribution in [0.15, 0.2) is 22.7 Å². The van der Waals surface area contributed by atoms with E-state index in [0.29, 0.717) is 34.6 Å². The number of aromatic nitrogens is 2. The van der Waals surface area contributed by atoms with Gasteiger partial charge in [0, 0.05) is 28.9 Å². The van der Waals surface area contributed by atoms with Crippen LogP contribution in [0, 0.1) is 0 Å². The highest BCUT2D eigenvalue weighted by Gasteiger charge is 2.11. The highest BCUT2D eigenvalue weighted by atomic mass is 35.5. The summed E-state index contributed by atoms with van der Waals surface area (Å²) in [5.41, 5.74) is 6.76. The van der Waals surface area contributed by atoms with Gasteiger partial charge in [-0.15, -0.1) is 0 Å². The van der Waals surface area contributed by atoms with Crippen molar-refractivity contribution in [1.29, 1.82) is 0 Å². The Morgan fingerprint density at radius 2 is 2.16 bits per heavy atom. The lowest BCUT2D eigenvalue weighted by atomic mass is 10.1. The minimum Gasteiger partial charge on any atom is -0.339 e. The molecule has 2 N–H and O–H groups in total. The SMILES string of the molecule is CCC(N)Cc1nc(Cc2ccc(Cl)cc2Cl)no1. The van der Waals surface area contributed by atoms with E-state index in [2.05, 4.69) is 10.1 Å². The highest BCUT2D eigenvalue weighted by Crippen LogP contribution is 2.22. The van der Waals surface area contributed by atoms with Crippen LogP contribution in [0.3, 0.4) is 0 Å². The predicted octanol–water partition coefficient (Wildman–Crippen LogP) is 3.25. The largest absolute Gasteiger partial charge is 0.339 e. The lowest BCUT2D eigenvalue weighted by Crippen LogP contribution is -2.21. The second kappa shape index (κ2) is 6.37. The van der Waals surface area contributed by atoms with Crippen molar-refractivity contribution in [2.24, 2.45) is 5.73 Å². The van der Waals surface area contributed by atoms with E-state index in [1.807, 2.05) is 13.0 Å². The quantitative estimate of drug-likeness (QED) is 0.920. The fraction of sp³-hybridized carbons (Fsp3) is 0.385.